The fraction of sp³-hybridized carbons (Fsp3) is 0.824. The van der Waals surface area contributed by atoms with E-state index in [1.165, 1.54) is 6.42 Å². The lowest BCUT2D eigenvalue weighted by Crippen LogP contribution is -2.46. The van der Waals surface area contributed by atoms with Crippen molar-refractivity contribution in [2.45, 2.75) is 51.6 Å². The zero-order valence-electron chi connectivity index (χ0n) is 13.4. The number of rotatable bonds is 7. The lowest BCUT2D eigenvalue weighted by Gasteiger charge is -2.34. The SMILES string of the molecule is CC(C)/C=C\C(O)(C(=O)OCCN1CC1)C1CCCCC1. The molecule has 1 saturated carbocycles. The minimum atomic E-state index is -1.44. The summed E-state index contributed by atoms with van der Waals surface area (Å²) in [6.45, 7) is 7.44. The molecule has 21 heavy (non-hydrogen) atoms. The van der Waals surface area contributed by atoms with Gasteiger partial charge in [0, 0.05) is 25.6 Å². The second-order valence-electron chi connectivity index (χ2n) is 6.74. The largest absolute Gasteiger partial charge is 0.462 e. The number of carbonyl (C=O) groups excluding carboxylic acids is 1. The molecule has 0 spiro atoms. The number of esters is 1. The molecule has 1 heterocycles. The topological polar surface area (TPSA) is 49.5 Å². The zero-order chi connectivity index (χ0) is 15.3. The maximum absolute atomic E-state index is 12.4. The van der Waals surface area contributed by atoms with Gasteiger partial charge in [-0.25, -0.2) is 4.79 Å². The number of ether oxygens (including phenoxy) is 1. The smallest absolute Gasteiger partial charge is 0.342 e. The van der Waals surface area contributed by atoms with Crippen LogP contribution in [0.1, 0.15) is 46.0 Å². The van der Waals surface area contributed by atoms with Crippen molar-refractivity contribution in [3.8, 4) is 0 Å². The Kier molecular flexibility index (Phi) is 5.82. The summed E-state index contributed by atoms with van der Waals surface area (Å²) in [6, 6.07) is 0. The van der Waals surface area contributed by atoms with E-state index in [0.29, 0.717) is 12.5 Å². The Morgan fingerprint density at radius 3 is 2.57 bits per heavy atom. The lowest BCUT2D eigenvalue weighted by molar-refractivity contribution is -0.166. The second kappa shape index (κ2) is 7.41. The van der Waals surface area contributed by atoms with Crippen molar-refractivity contribution in [2.24, 2.45) is 11.8 Å². The Morgan fingerprint density at radius 1 is 1.33 bits per heavy atom. The Hall–Kier alpha value is -0.870. The second-order valence-corrected chi connectivity index (χ2v) is 6.74. The van der Waals surface area contributed by atoms with E-state index in [2.05, 4.69) is 4.90 Å². The maximum atomic E-state index is 12.4. The van der Waals surface area contributed by atoms with Crippen molar-refractivity contribution < 1.29 is 14.6 Å². The van der Waals surface area contributed by atoms with Crippen LogP contribution in [-0.4, -0.2) is 47.8 Å². The van der Waals surface area contributed by atoms with E-state index in [4.69, 9.17) is 4.74 Å². The molecule has 1 aliphatic carbocycles. The minimum Gasteiger partial charge on any atom is -0.462 e. The van der Waals surface area contributed by atoms with Gasteiger partial charge in [0.25, 0.3) is 0 Å². The summed E-state index contributed by atoms with van der Waals surface area (Å²) >= 11 is 0. The van der Waals surface area contributed by atoms with E-state index in [1.54, 1.807) is 6.08 Å². The van der Waals surface area contributed by atoms with Crippen molar-refractivity contribution in [1.29, 1.82) is 0 Å². The van der Waals surface area contributed by atoms with Gasteiger partial charge in [0.15, 0.2) is 5.60 Å². The summed E-state index contributed by atoms with van der Waals surface area (Å²) in [5.41, 5.74) is -1.44. The molecule has 1 aliphatic heterocycles. The first-order chi connectivity index (χ1) is 10.0. The molecule has 1 N–H and O–H groups in total. The highest BCUT2D eigenvalue weighted by molar-refractivity contribution is 5.82. The van der Waals surface area contributed by atoms with Crippen LogP contribution in [0.25, 0.3) is 0 Å². The van der Waals surface area contributed by atoms with E-state index < -0.39 is 11.6 Å². The summed E-state index contributed by atoms with van der Waals surface area (Å²) in [5.74, 6) is -0.159. The Bertz CT molecular complexity index is 370. The highest BCUT2D eigenvalue weighted by Gasteiger charge is 2.43. The normalized spacial score (nSPS) is 23.4. The molecule has 0 aromatic heterocycles. The molecule has 1 saturated heterocycles. The molecule has 2 fully saturated rings. The van der Waals surface area contributed by atoms with Crippen LogP contribution >= 0.6 is 0 Å². The van der Waals surface area contributed by atoms with Crippen LogP contribution in [0.4, 0.5) is 0 Å². The van der Waals surface area contributed by atoms with Crippen LogP contribution in [-0.2, 0) is 9.53 Å². The van der Waals surface area contributed by atoms with Crippen molar-refractivity contribution in [2.75, 3.05) is 26.2 Å². The van der Waals surface area contributed by atoms with Crippen LogP contribution < -0.4 is 0 Å². The van der Waals surface area contributed by atoms with Gasteiger partial charge in [0.2, 0.25) is 0 Å². The van der Waals surface area contributed by atoms with E-state index >= 15 is 0 Å². The molecule has 4 nitrogen and oxygen atoms in total. The maximum Gasteiger partial charge on any atom is 0.342 e. The first kappa shape index (κ1) is 16.5. The zero-order valence-corrected chi connectivity index (χ0v) is 13.4. The number of carbonyl (C=O) groups is 1. The van der Waals surface area contributed by atoms with Gasteiger partial charge in [-0.3, -0.25) is 4.90 Å². The molecule has 0 aromatic rings. The third-order valence-corrected chi connectivity index (χ3v) is 4.47. The summed E-state index contributed by atoms with van der Waals surface area (Å²) < 4.78 is 5.36. The van der Waals surface area contributed by atoms with Gasteiger partial charge in [-0.1, -0.05) is 39.2 Å². The quantitative estimate of drug-likeness (QED) is 0.445. The third-order valence-electron chi connectivity index (χ3n) is 4.47. The molecule has 2 aliphatic rings. The molecule has 0 amide bonds. The van der Waals surface area contributed by atoms with E-state index in [-0.39, 0.29) is 5.92 Å². The van der Waals surface area contributed by atoms with Gasteiger partial charge in [-0.2, -0.15) is 0 Å². The van der Waals surface area contributed by atoms with Gasteiger partial charge < -0.3 is 9.84 Å². The molecule has 4 heteroatoms. The number of hydrogen-bond acceptors (Lipinski definition) is 4. The lowest BCUT2D eigenvalue weighted by atomic mass is 9.76. The van der Waals surface area contributed by atoms with Crippen molar-refractivity contribution >= 4 is 5.97 Å². The molecule has 1 unspecified atom stereocenters. The van der Waals surface area contributed by atoms with Crippen LogP contribution in [0.3, 0.4) is 0 Å². The predicted octanol–water partition coefficient (Wildman–Crippen LogP) is 2.37. The van der Waals surface area contributed by atoms with Gasteiger partial charge in [0.1, 0.15) is 6.61 Å². The highest BCUT2D eigenvalue weighted by atomic mass is 16.5. The molecular weight excluding hydrogens is 266 g/mol. The molecule has 120 valence electrons. The van der Waals surface area contributed by atoms with Crippen LogP contribution in [0.2, 0.25) is 0 Å². The number of aliphatic hydroxyl groups is 1. The van der Waals surface area contributed by atoms with Crippen LogP contribution in [0.15, 0.2) is 12.2 Å². The van der Waals surface area contributed by atoms with Gasteiger partial charge >= 0.3 is 5.97 Å². The summed E-state index contributed by atoms with van der Waals surface area (Å²) in [7, 11) is 0. The Labute approximate surface area is 128 Å². The summed E-state index contributed by atoms with van der Waals surface area (Å²) in [6.07, 6.45) is 8.78. The molecule has 2 rings (SSSR count). The number of nitrogens with zero attached hydrogens (tertiary/aromatic N) is 1. The Morgan fingerprint density at radius 2 is 2.00 bits per heavy atom. The van der Waals surface area contributed by atoms with Crippen molar-refractivity contribution in [1.82, 2.24) is 4.90 Å². The molecule has 0 bridgehead atoms. The van der Waals surface area contributed by atoms with Gasteiger partial charge in [0.05, 0.1) is 0 Å². The highest BCUT2D eigenvalue weighted by Crippen LogP contribution is 2.35. The molecule has 0 radical (unpaired) electrons. The standard InChI is InChI=1S/C17H29NO3/c1-14(2)8-9-17(20,15-6-4-3-5-7-15)16(19)21-13-12-18-10-11-18/h8-9,14-15,20H,3-7,10-13H2,1-2H3/b9-8-. The number of allylic oxidation sites excluding steroid dienone is 1. The predicted molar refractivity (Wildman–Crippen MR) is 82.9 cm³/mol. The average Bonchev–Trinajstić information content (AvgIpc) is 3.29. The summed E-state index contributed by atoms with van der Waals surface area (Å²) in [5, 5.41) is 11.0. The third kappa shape index (κ3) is 4.82. The van der Waals surface area contributed by atoms with E-state index in [9.17, 15) is 9.90 Å². The first-order valence-electron chi connectivity index (χ1n) is 8.33. The van der Waals surface area contributed by atoms with E-state index in [1.807, 2.05) is 19.9 Å². The van der Waals surface area contributed by atoms with Gasteiger partial charge in [-0.15, -0.1) is 0 Å². The van der Waals surface area contributed by atoms with Crippen molar-refractivity contribution in [3.63, 3.8) is 0 Å². The molecule has 0 aromatic carbocycles. The van der Waals surface area contributed by atoms with Crippen LogP contribution in [0.5, 0.6) is 0 Å². The van der Waals surface area contributed by atoms with Gasteiger partial charge in [-0.05, 0) is 24.8 Å². The Balaban J connectivity index is 1.99. The molecule has 1 atom stereocenters. The fourth-order valence-electron chi connectivity index (χ4n) is 2.93. The van der Waals surface area contributed by atoms with Crippen molar-refractivity contribution in [3.05, 3.63) is 12.2 Å². The summed E-state index contributed by atoms with van der Waals surface area (Å²) in [4.78, 5) is 14.6. The average molecular weight is 295 g/mol. The molecular formula is C17H29NO3. The fourth-order valence-corrected chi connectivity index (χ4v) is 2.93. The first-order valence-corrected chi connectivity index (χ1v) is 8.33. The minimum absolute atomic E-state index is 0.00465. The monoisotopic (exact) mass is 295 g/mol. The number of hydrogen-bond donors (Lipinski definition) is 1. The van der Waals surface area contributed by atoms with Crippen LogP contribution in [0, 0.1) is 11.8 Å². The van der Waals surface area contributed by atoms with E-state index in [0.717, 1.165) is 45.3 Å².